The molecule has 0 N–H and O–H groups in total. The van der Waals surface area contributed by atoms with E-state index in [1.165, 1.54) is 0 Å². The summed E-state index contributed by atoms with van der Waals surface area (Å²) in [6.07, 6.45) is 0. The van der Waals surface area contributed by atoms with Crippen molar-refractivity contribution < 1.29 is 9.47 Å². The van der Waals surface area contributed by atoms with E-state index in [1.54, 1.807) is 18.9 Å². The van der Waals surface area contributed by atoms with Crippen molar-refractivity contribution in [3.8, 4) is 5.75 Å². The third kappa shape index (κ3) is 4.04. The molecule has 0 bridgehead atoms. The van der Waals surface area contributed by atoms with Crippen molar-refractivity contribution >= 4 is 34.4 Å². The number of thioether (sulfide) groups is 1. The standard InChI is InChI=1S/C18H19ClN2O2S/c1-22-11-10-21-16-8-4-3-7-15(16)20-18(21)24-13-12-23-17-9-5-2-6-14(17)19/h2-9H,10-13H2,1H3. The van der Waals surface area contributed by atoms with Gasteiger partial charge in [-0.1, -0.05) is 47.6 Å². The molecule has 126 valence electrons. The Labute approximate surface area is 150 Å². The van der Waals surface area contributed by atoms with Gasteiger partial charge < -0.3 is 14.0 Å². The molecule has 24 heavy (non-hydrogen) atoms. The second-order valence-corrected chi connectivity index (χ2v) is 6.62. The molecule has 0 unspecified atom stereocenters. The van der Waals surface area contributed by atoms with E-state index in [0.29, 0.717) is 24.0 Å². The summed E-state index contributed by atoms with van der Waals surface area (Å²) >= 11 is 7.77. The fourth-order valence-corrected chi connectivity index (χ4v) is 3.46. The van der Waals surface area contributed by atoms with Crippen molar-refractivity contribution in [2.45, 2.75) is 11.7 Å². The zero-order valence-electron chi connectivity index (χ0n) is 13.4. The van der Waals surface area contributed by atoms with E-state index in [1.807, 2.05) is 42.5 Å². The number of fused-ring (bicyclic) bond motifs is 1. The molecule has 3 rings (SSSR count). The van der Waals surface area contributed by atoms with Crippen molar-refractivity contribution in [3.05, 3.63) is 53.6 Å². The lowest BCUT2D eigenvalue weighted by Crippen LogP contribution is -2.07. The lowest BCUT2D eigenvalue weighted by molar-refractivity contribution is 0.186. The van der Waals surface area contributed by atoms with Crippen LogP contribution in [0.2, 0.25) is 5.02 Å². The second-order valence-electron chi connectivity index (χ2n) is 5.15. The first-order chi connectivity index (χ1) is 11.8. The Balaban J connectivity index is 1.65. The van der Waals surface area contributed by atoms with Crippen LogP contribution in [-0.4, -0.2) is 35.6 Å². The van der Waals surface area contributed by atoms with Crippen molar-refractivity contribution in [1.82, 2.24) is 9.55 Å². The van der Waals surface area contributed by atoms with Gasteiger partial charge in [0.2, 0.25) is 0 Å². The molecule has 0 aliphatic carbocycles. The van der Waals surface area contributed by atoms with Crippen LogP contribution in [0.1, 0.15) is 0 Å². The summed E-state index contributed by atoms with van der Waals surface area (Å²) in [5, 5.41) is 1.62. The van der Waals surface area contributed by atoms with Crippen molar-refractivity contribution in [2.75, 3.05) is 26.1 Å². The predicted octanol–water partition coefficient (Wildman–Crippen LogP) is 4.51. The van der Waals surface area contributed by atoms with Gasteiger partial charge in [0.05, 0.1) is 29.3 Å². The van der Waals surface area contributed by atoms with Crippen molar-refractivity contribution in [2.24, 2.45) is 0 Å². The Kier molecular flexibility index (Phi) is 6.01. The Morgan fingerprint density at radius 1 is 1.08 bits per heavy atom. The van der Waals surface area contributed by atoms with Gasteiger partial charge in [0, 0.05) is 19.4 Å². The van der Waals surface area contributed by atoms with Gasteiger partial charge in [-0.05, 0) is 24.3 Å². The van der Waals surface area contributed by atoms with E-state index in [-0.39, 0.29) is 0 Å². The van der Waals surface area contributed by atoms with Crippen LogP contribution in [0.25, 0.3) is 11.0 Å². The van der Waals surface area contributed by atoms with E-state index in [4.69, 9.17) is 26.1 Å². The molecule has 0 radical (unpaired) electrons. The highest BCUT2D eigenvalue weighted by Crippen LogP contribution is 2.26. The second kappa shape index (κ2) is 8.42. The number of hydrogen-bond acceptors (Lipinski definition) is 4. The van der Waals surface area contributed by atoms with Crippen molar-refractivity contribution in [3.63, 3.8) is 0 Å². The van der Waals surface area contributed by atoms with Gasteiger partial charge in [-0.2, -0.15) is 0 Å². The summed E-state index contributed by atoms with van der Waals surface area (Å²) < 4.78 is 13.2. The summed E-state index contributed by atoms with van der Waals surface area (Å²) in [4.78, 5) is 4.72. The minimum absolute atomic E-state index is 0.571. The van der Waals surface area contributed by atoms with E-state index < -0.39 is 0 Å². The highest BCUT2D eigenvalue weighted by Gasteiger charge is 2.10. The molecule has 2 aromatic carbocycles. The van der Waals surface area contributed by atoms with Crippen LogP contribution in [0.5, 0.6) is 5.75 Å². The number of benzene rings is 2. The normalized spacial score (nSPS) is 11.1. The molecule has 4 nitrogen and oxygen atoms in total. The predicted molar refractivity (Wildman–Crippen MR) is 99.3 cm³/mol. The van der Waals surface area contributed by atoms with Gasteiger partial charge >= 0.3 is 0 Å². The molecule has 0 aliphatic rings. The number of imidazole rings is 1. The van der Waals surface area contributed by atoms with Crippen molar-refractivity contribution in [1.29, 1.82) is 0 Å². The van der Waals surface area contributed by atoms with Crippen LogP contribution in [0, 0.1) is 0 Å². The van der Waals surface area contributed by atoms with Gasteiger partial charge in [0.1, 0.15) is 5.75 Å². The van der Waals surface area contributed by atoms with Crippen LogP contribution in [0.3, 0.4) is 0 Å². The molecule has 0 amide bonds. The molecule has 1 aromatic heterocycles. The number of hydrogen-bond donors (Lipinski definition) is 0. The lowest BCUT2D eigenvalue weighted by atomic mass is 10.3. The molecule has 0 atom stereocenters. The van der Waals surface area contributed by atoms with Crippen LogP contribution in [0.15, 0.2) is 53.7 Å². The topological polar surface area (TPSA) is 36.3 Å². The summed E-state index contributed by atoms with van der Waals surface area (Å²) in [6, 6.07) is 15.7. The molecule has 0 saturated heterocycles. The van der Waals surface area contributed by atoms with Gasteiger partial charge in [0.15, 0.2) is 5.16 Å². The average Bonchev–Trinajstić information content (AvgIpc) is 2.96. The van der Waals surface area contributed by atoms with Gasteiger partial charge in [0.25, 0.3) is 0 Å². The first-order valence-electron chi connectivity index (χ1n) is 7.74. The maximum atomic E-state index is 6.09. The minimum atomic E-state index is 0.571. The monoisotopic (exact) mass is 362 g/mol. The molecule has 6 heteroatoms. The zero-order chi connectivity index (χ0) is 16.8. The van der Waals surface area contributed by atoms with E-state index in [2.05, 4.69) is 10.6 Å². The van der Waals surface area contributed by atoms with E-state index >= 15 is 0 Å². The number of para-hydroxylation sites is 3. The quantitative estimate of drug-likeness (QED) is 0.436. The SMILES string of the molecule is COCCn1c(SCCOc2ccccc2Cl)nc2ccccc21. The van der Waals surface area contributed by atoms with Gasteiger partial charge in [-0.3, -0.25) is 0 Å². The number of ether oxygens (including phenoxy) is 2. The average molecular weight is 363 g/mol. The van der Waals surface area contributed by atoms with Gasteiger partial charge in [-0.15, -0.1) is 0 Å². The molecule has 0 aliphatic heterocycles. The summed E-state index contributed by atoms with van der Waals surface area (Å²) in [6.45, 7) is 2.01. The Morgan fingerprint density at radius 3 is 2.71 bits per heavy atom. The van der Waals surface area contributed by atoms with Crippen LogP contribution in [-0.2, 0) is 11.3 Å². The maximum absolute atomic E-state index is 6.09. The first kappa shape index (κ1) is 17.1. The highest BCUT2D eigenvalue weighted by molar-refractivity contribution is 7.99. The zero-order valence-corrected chi connectivity index (χ0v) is 15.0. The summed E-state index contributed by atoms with van der Waals surface area (Å²) in [5.41, 5.74) is 2.13. The minimum Gasteiger partial charge on any atom is -0.491 e. The largest absolute Gasteiger partial charge is 0.491 e. The molecule has 0 saturated carbocycles. The highest BCUT2D eigenvalue weighted by atomic mass is 35.5. The first-order valence-corrected chi connectivity index (χ1v) is 9.10. The number of methoxy groups -OCH3 is 1. The number of aromatic nitrogens is 2. The number of nitrogens with zero attached hydrogens (tertiary/aromatic N) is 2. The van der Waals surface area contributed by atoms with Crippen LogP contribution < -0.4 is 4.74 Å². The molecule has 1 heterocycles. The molecular weight excluding hydrogens is 344 g/mol. The third-order valence-electron chi connectivity index (χ3n) is 3.55. The molecule has 3 aromatic rings. The molecular formula is C18H19ClN2O2S. The van der Waals surface area contributed by atoms with E-state index in [0.717, 1.165) is 28.5 Å². The third-order valence-corrected chi connectivity index (χ3v) is 4.80. The Bertz CT molecular complexity index is 807. The number of rotatable bonds is 8. The smallest absolute Gasteiger partial charge is 0.169 e. The summed E-state index contributed by atoms with van der Waals surface area (Å²) in [7, 11) is 1.71. The molecule has 0 fully saturated rings. The Morgan fingerprint density at radius 2 is 1.88 bits per heavy atom. The maximum Gasteiger partial charge on any atom is 0.169 e. The lowest BCUT2D eigenvalue weighted by Gasteiger charge is -2.09. The summed E-state index contributed by atoms with van der Waals surface area (Å²) in [5.74, 6) is 1.51. The van der Waals surface area contributed by atoms with Gasteiger partial charge in [-0.25, -0.2) is 4.98 Å². The van der Waals surface area contributed by atoms with Crippen LogP contribution >= 0.6 is 23.4 Å². The Hall–Kier alpha value is -1.69. The number of halogens is 1. The van der Waals surface area contributed by atoms with E-state index in [9.17, 15) is 0 Å². The fourth-order valence-electron chi connectivity index (χ4n) is 2.41. The fraction of sp³-hybridized carbons (Fsp3) is 0.278. The van der Waals surface area contributed by atoms with Crippen LogP contribution in [0.4, 0.5) is 0 Å². The molecule has 0 spiro atoms.